The largest absolute Gasteiger partial charge is 0.478 e. The molecule has 0 saturated heterocycles. The molecule has 1 aromatic carbocycles. The Morgan fingerprint density at radius 3 is 2.94 bits per heavy atom. The van der Waals surface area contributed by atoms with Crippen molar-refractivity contribution in [2.75, 3.05) is 0 Å². The van der Waals surface area contributed by atoms with Crippen molar-refractivity contribution in [3.8, 4) is 0 Å². The smallest absolute Gasteiger partial charge is 0.337 e. The van der Waals surface area contributed by atoms with Gasteiger partial charge in [0.05, 0.1) is 11.1 Å². The molecule has 16 heavy (non-hydrogen) atoms. The molecule has 0 bridgehead atoms. The first kappa shape index (κ1) is 8.91. The van der Waals surface area contributed by atoms with Gasteiger partial charge in [-0.1, -0.05) is 0 Å². The van der Waals surface area contributed by atoms with E-state index >= 15 is 0 Å². The van der Waals surface area contributed by atoms with Crippen LogP contribution in [0.5, 0.6) is 0 Å². The highest BCUT2D eigenvalue weighted by molar-refractivity contribution is 6.07. The van der Waals surface area contributed by atoms with E-state index in [1.165, 1.54) is 6.20 Å². The number of benzene rings is 1. The molecule has 3 aromatic rings. The van der Waals surface area contributed by atoms with Crippen molar-refractivity contribution in [3.05, 3.63) is 42.2 Å². The number of pyridine rings is 1. The summed E-state index contributed by atoms with van der Waals surface area (Å²) in [5.74, 6) is -0.957. The van der Waals surface area contributed by atoms with Crippen LogP contribution in [0, 0.1) is 0 Å². The summed E-state index contributed by atoms with van der Waals surface area (Å²) in [5.41, 5.74) is 2.00. The number of carbonyl (C=O) groups is 1. The Kier molecular flexibility index (Phi) is 1.71. The maximum atomic E-state index is 10.9. The molecule has 0 aliphatic carbocycles. The number of H-pyrrole nitrogens is 1. The number of carboxylic acids is 1. The number of nitrogens with one attached hydrogen (secondary N) is 1. The van der Waals surface area contributed by atoms with Crippen molar-refractivity contribution < 1.29 is 9.90 Å². The molecule has 2 aromatic heterocycles. The molecule has 0 amide bonds. The summed E-state index contributed by atoms with van der Waals surface area (Å²) in [4.78, 5) is 18.1. The normalized spacial score (nSPS) is 11.0. The van der Waals surface area contributed by atoms with Crippen LogP contribution in [0.3, 0.4) is 0 Å². The minimum Gasteiger partial charge on any atom is -0.478 e. The van der Waals surface area contributed by atoms with Crippen molar-refractivity contribution >= 4 is 27.8 Å². The Bertz CT molecular complexity index is 700. The third-order valence-electron chi connectivity index (χ3n) is 2.64. The van der Waals surface area contributed by atoms with E-state index in [9.17, 15) is 4.79 Å². The van der Waals surface area contributed by atoms with Gasteiger partial charge < -0.3 is 10.1 Å². The Balaban J connectivity index is 2.46. The van der Waals surface area contributed by atoms with Gasteiger partial charge in [0.1, 0.15) is 0 Å². The summed E-state index contributed by atoms with van der Waals surface area (Å²) < 4.78 is 0. The summed E-state index contributed by atoms with van der Waals surface area (Å²) in [6.45, 7) is 0. The van der Waals surface area contributed by atoms with Crippen LogP contribution >= 0.6 is 0 Å². The molecular weight excluding hydrogens is 204 g/mol. The standard InChI is InChI=1S/C12H8N2O2/c15-12(16)7-5-9-8-3-4-13-10(8)1-2-11(9)14-6-7/h1-6,13H,(H,15,16). The third-order valence-corrected chi connectivity index (χ3v) is 2.64. The first-order valence-electron chi connectivity index (χ1n) is 4.85. The van der Waals surface area contributed by atoms with Gasteiger partial charge in [-0.3, -0.25) is 4.98 Å². The third kappa shape index (κ3) is 1.16. The SMILES string of the molecule is O=C(O)c1cnc2ccc3[nH]ccc3c2c1. The lowest BCUT2D eigenvalue weighted by atomic mass is 10.1. The second kappa shape index (κ2) is 3.06. The molecule has 0 spiro atoms. The molecule has 0 aliphatic rings. The first-order valence-corrected chi connectivity index (χ1v) is 4.85. The predicted octanol–water partition coefficient (Wildman–Crippen LogP) is 2.41. The zero-order valence-corrected chi connectivity index (χ0v) is 8.27. The van der Waals surface area contributed by atoms with E-state index in [1.54, 1.807) is 6.07 Å². The number of rotatable bonds is 1. The number of aromatic nitrogens is 2. The van der Waals surface area contributed by atoms with Crippen LogP contribution in [-0.2, 0) is 0 Å². The molecule has 78 valence electrons. The molecule has 4 heteroatoms. The minimum absolute atomic E-state index is 0.209. The number of aromatic amines is 1. The minimum atomic E-state index is -0.957. The average Bonchev–Trinajstić information content (AvgIpc) is 2.76. The van der Waals surface area contributed by atoms with E-state index < -0.39 is 5.97 Å². The van der Waals surface area contributed by atoms with Crippen LogP contribution in [0.15, 0.2) is 36.7 Å². The molecular formula is C12H8N2O2. The maximum absolute atomic E-state index is 10.9. The highest BCUT2D eigenvalue weighted by Crippen LogP contribution is 2.23. The molecule has 0 aliphatic heterocycles. The number of carboxylic acid groups (broad SMARTS) is 1. The van der Waals surface area contributed by atoms with Crippen LogP contribution in [0.4, 0.5) is 0 Å². The Morgan fingerprint density at radius 1 is 1.25 bits per heavy atom. The summed E-state index contributed by atoms with van der Waals surface area (Å²) in [5, 5.41) is 10.8. The van der Waals surface area contributed by atoms with E-state index in [2.05, 4.69) is 9.97 Å². The average molecular weight is 212 g/mol. The highest BCUT2D eigenvalue weighted by atomic mass is 16.4. The Labute approximate surface area is 90.5 Å². The van der Waals surface area contributed by atoms with Crippen LogP contribution in [-0.4, -0.2) is 21.0 Å². The predicted molar refractivity (Wildman–Crippen MR) is 60.6 cm³/mol. The second-order valence-corrected chi connectivity index (χ2v) is 3.60. The number of fused-ring (bicyclic) bond motifs is 3. The number of hydrogen-bond donors (Lipinski definition) is 2. The molecule has 3 rings (SSSR count). The molecule has 0 fully saturated rings. The van der Waals surface area contributed by atoms with Gasteiger partial charge in [-0.2, -0.15) is 0 Å². The van der Waals surface area contributed by atoms with E-state index in [-0.39, 0.29) is 5.56 Å². The lowest BCUT2D eigenvalue weighted by Gasteiger charge is -2.00. The Hall–Kier alpha value is -2.36. The fourth-order valence-corrected chi connectivity index (χ4v) is 1.86. The quantitative estimate of drug-likeness (QED) is 0.651. The molecule has 0 unspecified atom stereocenters. The molecule has 2 N–H and O–H groups in total. The summed E-state index contributed by atoms with van der Waals surface area (Å²) in [6, 6.07) is 7.39. The monoisotopic (exact) mass is 212 g/mol. The van der Waals surface area contributed by atoms with Crippen molar-refractivity contribution in [2.45, 2.75) is 0 Å². The van der Waals surface area contributed by atoms with Gasteiger partial charge in [0.25, 0.3) is 0 Å². The van der Waals surface area contributed by atoms with Gasteiger partial charge in [0.15, 0.2) is 0 Å². The summed E-state index contributed by atoms with van der Waals surface area (Å²) in [7, 11) is 0. The highest BCUT2D eigenvalue weighted by Gasteiger charge is 2.07. The van der Waals surface area contributed by atoms with E-state index in [1.807, 2.05) is 24.4 Å². The lowest BCUT2D eigenvalue weighted by Crippen LogP contribution is -1.96. The van der Waals surface area contributed by atoms with Crippen LogP contribution in [0.25, 0.3) is 21.8 Å². The number of hydrogen-bond acceptors (Lipinski definition) is 2. The number of nitrogens with zero attached hydrogens (tertiary/aromatic N) is 1. The van der Waals surface area contributed by atoms with E-state index in [0.29, 0.717) is 0 Å². The number of aromatic carboxylic acids is 1. The van der Waals surface area contributed by atoms with Gasteiger partial charge in [-0.15, -0.1) is 0 Å². The fourth-order valence-electron chi connectivity index (χ4n) is 1.86. The first-order chi connectivity index (χ1) is 7.75. The van der Waals surface area contributed by atoms with Crippen molar-refractivity contribution in [3.63, 3.8) is 0 Å². The van der Waals surface area contributed by atoms with Crippen LogP contribution in [0.1, 0.15) is 10.4 Å². The van der Waals surface area contributed by atoms with Gasteiger partial charge in [0, 0.05) is 28.7 Å². The molecule has 2 heterocycles. The van der Waals surface area contributed by atoms with E-state index in [0.717, 1.165) is 21.8 Å². The zero-order valence-electron chi connectivity index (χ0n) is 8.27. The molecule has 0 atom stereocenters. The summed E-state index contributed by atoms with van der Waals surface area (Å²) in [6.07, 6.45) is 3.21. The lowest BCUT2D eigenvalue weighted by molar-refractivity contribution is 0.0696. The van der Waals surface area contributed by atoms with Crippen molar-refractivity contribution in [1.29, 1.82) is 0 Å². The van der Waals surface area contributed by atoms with Crippen molar-refractivity contribution in [1.82, 2.24) is 9.97 Å². The van der Waals surface area contributed by atoms with Crippen molar-refractivity contribution in [2.24, 2.45) is 0 Å². The topological polar surface area (TPSA) is 66.0 Å². The van der Waals surface area contributed by atoms with Gasteiger partial charge in [-0.25, -0.2) is 4.79 Å². The molecule has 0 saturated carbocycles. The van der Waals surface area contributed by atoms with Crippen LogP contribution < -0.4 is 0 Å². The molecule has 4 nitrogen and oxygen atoms in total. The summed E-state index contributed by atoms with van der Waals surface area (Å²) >= 11 is 0. The van der Waals surface area contributed by atoms with E-state index in [4.69, 9.17) is 5.11 Å². The maximum Gasteiger partial charge on any atom is 0.337 e. The second-order valence-electron chi connectivity index (χ2n) is 3.60. The van der Waals surface area contributed by atoms with Crippen LogP contribution in [0.2, 0.25) is 0 Å². The van der Waals surface area contributed by atoms with Gasteiger partial charge in [0.2, 0.25) is 0 Å². The fraction of sp³-hybridized carbons (Fsp3) is 0. The van der Waals surface area contributed by atoms with Gasteiger partial charge in [-0.05, 0) is 24.3 Å². The molecule has 0 radical (unpaired) electrons. The zero-order chi connectivity index (χ0) is 11.1. The Morgan fingerprint density at radius 2 is 2.12 bits per heavy atom. The van der Waals surface area contributed by atoms with Gasteiger partial charge >= 0.3 is 5.97 Å².